The van der Waals surface area contributed by atoms with Gasteiger partial charge in [-0.25, -0.2) is 0 Å². The van der Waals surface area contributed by atoms with Crippen molar-refractivity contribution in [3.05, 3.63) is 28.2 Å². The third kappa shape index (κ3) is 4.96. The molecule has 0 spiro atoms. The maximum absolute atomic E-state index is 5.76. The lowest BCUT2D eigenvalue weighted by Crippen LogP contribution is -2.17. The third-order valence-corrected chi connectivity index (χ3v) is 3.85. The second-order valence-corrected chi connectivity index (χ2v) is 5.75. The first-order valence-electron chi connectivity index (χ1n) is 6.58. The second kappa shape index (κ2) is 7.12. The highest BCUT2D eigenvalue weighted by atomic mass is 79.9. The van der Waals surface area contributed by atoms with E-state index in [1.807, 2.05) is 18.2 Å². The molecule has 1 aliphatic carbocycles. The lowest BCUT2D eigenvalue weighted by Gasteiger charge is -2.08. The molecule has 0 amide bonds. The van der Waals surface area contributed by atoms with Gasteiger partial charge in [-0.1, -0.05) is 15.9 Å². The van der Waals surface area contributed by atoms with Gasteiger partial charge in [0.25, 0.3) is 0 Å². The topological polar surface area (TPSA) is 47.3 Å². The molecular weight excluding hydrogens is 292 g/mol. The highest BCUT2D eigenvalue weighted by molar-refractivity contribution is 9.10. The molecule has 100 valence electrons. The van der Waals surface area contributed by atoms with Crippen molar-refractivity contribution in [1.82, 2.24) is 5.32 Å². The van der Waals surface area contributed by atoms with Crippen molar-refractivity contribution in [2.45, 2.75) is 25.8 Å². The quantitative estimate of drug-likeness (QED) is 0.573. The van der Waals surface area contributed by atoms with Crippen LogP contribution in [0.1, 0.15) is 24.8 Å². The fraction of sp³-hybridized carbons (Fsp3) is 0.571. The fourth-order valence-electron chi connectivity index (χ4n) is 1.79. The minimum absolute atomic E-state index is 0.808. The van der Waals surface area contributed by atoms with Crippen LogP contribution in [0, 0.1) is 5.92 Å². The molecule has 0 bridgehead atoms. The lowest BCUT2D eigenvalue weighted by molar-refractivity contribution is 0.122. The molecule has 0 aromatic heterocycles. The SMILES string of the molecule is Nc1ccc(Br)c(CNCCCOCC2CC2)c1. The van der Waals surface area contributed by atoms with Crippen molar-refractivity contribution in [1.29, 1.82) is 0 Å². The summed E-state index contributed by atoms with van der Waals surface area (Å²) in [5.41, 5.74) is 7.77. The lowest BCUT2D eigenvalue weighted by atomic mass is 10.2. The number of anilines is 1. The number of nitrogens with one attached hydrogen (secondary N) is 1. The molecule has 1 fully saturated rings. The van der Waals surface area contributed by atoms with Gasteiger partial charge in [0, 0.05) is 29.9 Å². The van der Waals surface area contributed by atoms with Crippen LogP contribution in [-0.2, 0) is 11.3 Å². The molecule has 3 nitrogen and oxygen atoms in total. The standard InChI is InChI=1S/C14H21BrN2O/c15-14-5-4-13(16)8-12(14)9-17-6-1-7-18-10-11-2-3-11/h4-5,8,11,17H,1-3,6-7,9-10,16H2. The van der Waals surface area contributed by atoms with Gasteiger partial charge in [-0.3, -0.25) is 0 Å². The van der Waals surface area contributed by atoms with Crippen molar-refractivity contribution in [3.63, 3.8) is 0 Å². The van der Waals surface area contributed by atoms with Gasteiger partial charge >= 0.3 is 0 Å². The van der Waals surface area contributed by atoms with Gasteiger partial charge in [0.2, 0.25) is 0 Å². The zero-order valence-electron chi connectivity index (χ0n) is 10.6. The van der Waals surface area contributed by atoms with Crippen LogP contribution < -0.4 is 11.1 Å². The molecule has 1 aliphatic rings. The zero-order valence-corrected chi connectivity index (χ0v) is 12.2. The van der Waals surface area contributed by atoms with Crippen LogP contribution >= 0.6 is 15.9 Å². The Morgan fingerprint density at radius 1 is 1.39 bits per heavy atom. The summed E-state index contributed by atoms with van der Waals surface area (Å²) in [6.45, 7) is 3.64. The molecule has 4 heteroatoms. The van der Waals surface area contributed by atoms with Crippen LogP contribution in [-0.4, -0.2) is 19.8 Å². The van der Waals surface area contributed by atoms with Crippen LogP contribution in [0.5, 0.6) is 0 Å². The molecular formula is C14H21BrN2O. The zero-order chi connectivity index (χ0) is 12.8. The molecule has 2 rings (SSSR count). The normalized spacial score (nSPS) is 14.9. The smallest absolute Gasteiger partial charge is 0.0494 e. The highest BCUT2D eigenvalue weighted by Crippen LogP contribution is 2.28. The molecule has 1 aromatic rings. The second-order valence-electron chi connectivity index (χ2n) is 4.90. The van der Waals surface area contributed by atoms with E-state index in [0.29, 0.717) is 0 Å². The van der Waals surface area contributed by atoms with Crippen molar-refractivity contribution in [2.24, 2.45) is 5.92 Å². The van der Waals surface area contributed by atoms with Crippen molar-refractivity contribution >= 4 is 21.6 Å². The molecule has 0 unspecified atom stereocenters. The Hall–Kier alpha value is -0.580. The first kappa shape index (κ1) is 13.8. The number of rotatable bonds is 8. The Morgan fingerprint density at radius 3 is 3.00 bits per heavy atom. The summed E-state index contributed by atoms with van der Waals surface area (Å²) in [5, 5.41) is 3.41. The predicted molar refractivity (Wildman–Crippen MR) is 78.4 cm³/mol. The van der Waals surface area contributed by atoms with E-state index in [4.69, 9.17) is 10.5 Å². The number of halogens is 1. The summed E-state index contributed by atoms with van der Waals surface area (Å²) in [5.74, 6) is 0.862. The van der Waals surface area contributed by atoms with Gasteiger partial charge in [0.15, 0.2) is 0 Å². The van der Waals surface area contributed by atoms with Gasteiger partial charge in [-0.05, 0) is 55.5 Å². The molecule has 3 N–H and O–H groups in total. The van der Waals surface area contributed by atoms with E-state index >= 15 is 0 Å². The van der Waals surface area contributed by atoms with Crippen LogP contribution in [0.15, 0.2) is 22.7 Å². The molecule has 0 radical (unpaired) electrons. The van der Waals surface area contributed by atoms with Crippen LogP contribution in [0.25, 0.3) is 0 Å². The Bertz CT molecular complexity index is 380. The molecule has 1 aromatic carbocycles. The highest BCUT2D eigenvalue weighted by Gasteiger charge is 2.20. The number of nitrogen functional groups attached to an aromatic ring is 1. The Labute approximate surface area is 117 Å². The first-order chi connectivity index (χ1) is 8.75. The van der Waals surface area contributed by atoms with Gasteiger partial charge in [0.1, 0.15) is 0 Å². The maximum atomic E-state index is 5.76. The average Bonchev–Trinajstić information content (AvgIpc) is 3.16. The van der Waals surface area contributed by atoms with E-state index < -0.39 is 0 Å². The fourth-order valence-corrected chi connectivity index (χ4v) is 2.17. The predicted octanol–water partition coefficient (Wildman–Crippen LogP) is 2.94. The van der Waals surface area contributed by atoms with E-state index in [1.54, 1.807) is 0 Å². The largest absolute Gasteiger partial charge is 0.399 e. The van der Waals surface area contributed by atoms with Crippen molar-refractivity contribution in [3.8, 4) is 0 Å². The molecule has 0 aliphatic heterocycles. The Kier molecular flexibility index (Phi) is 5.47. The van der Waals surface area contributed by atoms with E-state index in [2.05, 4.69) is 21.2 Å². The van der Waals surface area contributed by atoms with E-state index in [-0.39, 0.29) is 0 Å². The van der Waals surface area contributed by atoms with Gasteiger partial charge in [-0.2, -0.15) is 0 Å². The summed E-state index contributed by atoms with van der Waals surface area (Å²) in [6, 6.07) is 5.89. The Balaban J connectivity index is 1.55. The van der Waals surface area contributed by atoms with Crippen molar-refractivity contribution in [2.75, 3.05) is 25.5 Å². The number of nitrogens with two attached hydrogens (primary N) is 1. The van der Waals surface area contributed by atoms with Crippen molar-refractivity contribution < 1.29 is 4.74 Å². The summed E-state index contributed by atoms with van der Waals surface area (Å²) < 4.78 is 6.69. The number of benzene rings is 1. The molecule has 0 saturated heterocycles. The van der Waals surface area contributed by atoms with Crippen LogP contribution in [0.4, 0.5) is 5.69 Å². The van der Waals surface area contributed by atoms with E-state index in [9.17, 15) is 0 Å². The third-order valence-electron chi connectivity index (χ3n) is 3.08. The summed E-state index contributed by atoms with van der Waals surface area (Å²) >= 11 is 3.53. The van der Waals surface area contributed by atoms with Crippen LogP contribution in [0.3, 0.4) is 0 Å². The Morgan fingerprint density at radius 2 is 2.22 bits per heavy atom. The number of ether oxygens (including phenoxy) is 1. The summed E-state index contributed by atoms with van der Waals surface area (Å²) in [6.07, 6.45) is 3.79. The summed E-state index contributed by atoms with van der Waals surface area (Å²) in [7, 11) is 0. The maximum Gasteiger partial charge on any atom is 0.0494 e. The molecule has 18 heavy (non-hydrogen) atoms. The molecule has 0 atom stereocenters. The minimum Gasteiger partial charge on any atom is -0.399 e. The van der Waals surface area contributed by atoms with Gasteiger partial charge in [-0.15, -0.1) is 0 Å². The van der Waals surface area contributed by atoms with E-state index in [0.717, 1.165) is 48.8 Å². The number of hydrogen-bond donors (Lipinski definition) is 2. The average molecular weight is 313 g/mol. The van der Waals surface area contributed by atoms with Crippen LogP contribution in [0.2, 0.25) is 0 Å². The van der Waals surface area contributed by atoms with Gasteiger partial charge in [0.05, 0.1) is 0 Å². The van der Waals surface area contributed by atoms with Gasteiger partial charge < -0.3 is 15.8 Å². The number of hydrogen-bond acceptors (Lipinski definition) is 3. The molecule has 1 saturated carbocycles. The first-order valence-corrected chi connectivity index (χ1v) is 7.37. The molecule has 0 heterocycles. The minimum atomic E-state index is 0.808. The monoisotopic (exact) mass is 312 g/mol. The summed E-state index contributed by atoms with van der Waals surface area (Å²) in [4.78, 5) is 0. The van der Waals surface area contributed by atoms with E-state index in [1.165, 1.54) is 18.4 Å².